The highest BCUT2D eigenvalue weighted by Gasteiger charge is 2.10. The Labute approximate surface area is 126 Å². The molecule has 1 aromatic carbocycles. The van der Waals surface area contributed by atoms with Crippen LogP contribution in [0.4, 0.5) is 0 Å². The van der Waals surface area contributed by atoms with E-state index in [4.69, 9.17) is 32.4 Å². The molecular formula is C14H13Cl2NO3. The number of amides is 1. The Kier molecular flexibility index (Phi) is 5.06. The highest BCUT2D eigenvalue weighted by Crippen LogP contribution is 2.31. The first-order valence-corrected chi connectivity index (χ1v) is 6.65. The molecule has 1 aromatic heterocycles. The van der Waals surface area contributed by atoms with Crippen LogP contribution < -0.4 is 5.32 Å². The quantitative estimate of drug-likeness (QED) is 0.919. The minimum absolute atomic E-state index is 0.0244. The van der Waals surface area contributed by atoms with Gasteiger partial charge in [0.1, 0.15) is 18.1 Å². The van der Waals surface area contributed by atoms with Crippen molar-refractivity contribution in [1.29, 1.82) is 0 Å². The maximum Gasteiger partial charge on any atom is 0.246 e. The number of carbonyl (C=O) groups is 1. The summed E-state index contributed by atoms with van der Waals surface area (Å²) in [4.78, 5) is 11.3. The standard InChI is InChI=1S/C14H13Cl2NO3/c1-19-8-14(18)17-7-10-3-5-13(20-10)11-4-2-9(15)6-12(11)16/h2-6H,7-8H2,1H3,(H,17,18). The molecule has 106 valence electrons. The van der Waals surface area contributed by atoms with Crippen molar-refractivity contribution in [1.82, 2.24) is 5.32 Å². The monoisotopic (exact) mass is 313 g/mol. The van der Waals surface area contributed by atoms with Gasteiger partial charge in [-0.2, -0.15) is 0 Å². The molecule has 20 heavy (non-hydrogen) atoms. The fraction of sp³-hybridized carbons (Fsp3) is 0.214. The smallest absolute Gasteiger partial charge is 0.246 e. The number of furan rings is 1. The van der Waals surface area contributed by atoms with E-state index in [1.54, 1.807) is 30.3 Å². The van der Waals surface area contributed by atoms with Gasteiger partial charge in [0.25, 0.3) is 0 Å². The van der Waals surface area contributed by atoms with Crippen LogP contribution in [-0.4, -0.2) is 19.6 Å². The average Bonchev–Trinajstić information content (AvgIpc) is 2.85. The highest BCUT2D eigenvalue weighted by molar-refractivity contribution is 6.36. The second kappa shape index (κ2) is 6.79. The number of rotatable bonds is 5. The Morgan fingerprint density at radius 1 is 1.30 bits per heavy atom. The predicted molar refractivity (Wildman–Crippen MR) is 77.9 cm³/mol. The van der Waals surface area contributed by atoms with Crippen LogP contribution in [0.5, 0.6) is 0 Å². The Hall–Kier alpha value is -1.49. The van der Waals surface area contributed by atoms with Crippen molar-refractivity contribution in [3.63, 3.8) is 0 Å². The van der Waals surface area contributed by atoms with Crippen molar-refractivity contribution in [2.24, 2.45) is 0 Å². The number of hydrogen-bond acceptors (Lipinski definition) is 3. The Morgan fingerprint density at radius 2 is 2.10 bits per heavy atom. The molecule has 1 N–H and O–H groups in total. The number of benzene rings is 1. The van der Waals surface area contributed by atoms with Gasteiger partial charge in [-0.25, -0.2) is 0 Å². The molecule has 0 spiro atoms. The van der Waals surface area contributed by atoms with E-state index in [9.17, 15) is 4.79 Å². The zero-order valence-corrected chi connectivity index (χ0v) is 12.3. The summed E-state index contributed by atoms with van der Waals surface area (Å²) in [6, 6.07) is 8.77. The Balaban J connectivity index is 2.07. The highest BCUT2D eigenvalue weighted by atomic mass is 35.5. The molecular weight excluding hydrogens is 301 g/mol. The van der Waals surface area contributed by atoms with E-state index in [0.29, 0.717) is 28.1 Å². The molecule has 0 radical (unpaired) electrons. The van der Waals surface area contributed by atoms with E-state index in [2.05, 4.69) is 5.32 Å². The van der Waals surface area contributed by atoms with Gasteiger partial charge >= 0.3 is 0 Å². The zero-order chi connectivity index (χ0) is 14.5. The molecule has 0 fully saturated rings. The van der Waals surface area contributed by atoms with E-state index in [1.807, 2.05) is 0 Å². The molecule has 0 bridgehead atoms. The van der Waals surface area contributed by atoms with Crippen molar-refractivity contribution >= 4 is 29.1 Å². The summed E-state index contributed by atoms with van der Waals surface area (Å²) in [5.74, 6) is 1.06. The van der Waals surface area contributed by atoms with Gasteiger partial charge in [-0.15, -0.1) is 0 Å². The van der Waals surface area contributed by atoms with Crippen LogP contribution in [0, 0.1) is 0 Å². The molecule has 6 heteroatoms. The molecule has 0 aliphatic rings. The Bertz CT molecular complexity index is 610. The SMILES string of the molecule is COCC(=O)NCc1ccc(-c2ccc(Cl)cc2Cl)o1. The zero-order valence-electron chi connectivity index (χ0n) is 10.8. The summed E-state index contributed by atoms with van der Waals surface area (Å²) >= 11 is 12.0. The first-order valence-electron chi connectivity index (χ1n) is 5.90. The van der Waals surface area contributed by atoms with Gasteiger partial charge in [0.15, 0.2) is 0 Å². The lowest BCUT2D eigenvalue weighted by atomic mass is 10.2. The normalized spacial score (nSPS) is 10.6. The third-order valence-electron chi connectivity index (χ3n) is 2.59. The number of hydrogen-bond donors (Lipinski definition) is 1. The molecule has 0 unspecified atom stereocenters. The molecule has 0 aliphatic carbocycles. The maximum absolute atomic E-state index is 11.3. The summed E-state index contributed by atoms with van der Waals surface area (Å²) in [6.45, 7) is 0.323. The second-order valence-corrected chi connectivity index (χ2v) is 4.94. The van der Waals surface area contributed by atoms with E-state index in [-0.39, 0.29) is 12.5 Å². The summed E-state index contributed by atoms with van der Waals surface area (Å²) in [5, 5.41) is 3.76. The van der Waals surface area contributed by atoms with Crippen molar-refractivity contribution in [2.45, 2.75) is 6.54 Å². The first-order chi connectivity index (χ1) is 9.60. The fourth-order valence-corrected chi connectivity index (χ4v) is 2.18. The van der Waals surface area contributed by atoms with Crippen LogP contribution in [0.25, 0.3) is 11.3 Å². The molecule has 0 saturated heterocycles. The van der Waals surface area contributed by atoms with Gasteiger partial charge in [0, 0.05) is 17.7 Å². The lowest BCUT2D eigenvalue weighted by Gasteiger charge is -2.03. The summed E-state index contributed by atoms with van der Waals surface area (Å²) in [7, 11) is 1.47. The predicted octanol–water partition coefficient (Wildman–Crippen LogP) is 3.52. The van der Waals surface area contributed by atoms with Gasteiger partial charge in [-0.05, 0) is 30.3 Å². The van der Waals surface area contributed by atoms with Gasteiger partial charge in [-0.3, -0.25) is 4.79 Å². The van der Waals surface area contributed by atoms with Crippen LogP contribution in [0.3, 0.4) is 0 Å². The fourth-order valence-electron chi connectivity index (χ4n) is 1.67. The number of ether oxygens (including phenoxy) is 1. The van der Waals surface area contributed by atoms with Gasteiger partial charge < -0.3 is 14.5 Å². The van der Waals surface area contributed by atoms with Crippen molar-refractivity contribution in [3.8, 4) is 11.3 Å². The van der Waals surface area contributed by atoms with Crippen LogP contribution >= 0.6 is 23.2 Å². The van der Waals surface area contributed by atoms with Crippen molar-refractivity contribution in [3.05, 3.63) is 46.1 Å². The Morgan fingerprint density at radius 3 is 2.80 bits per heavy atom. The topological polar surface area (TPSA) is 51.5 Å². The average molecular weight is 314 g/mol. The summed E-state index contributed by atoms with van der Waals surface area (Å²) in [6.07, 6.45) is 0. The maximum atomic E-state index is 11.3. The third-order valence-corrected chi connectivity index (χ3v) is 3.14. The minimum atomic E-state index is -0.199. The number of methoxy groups -OCH3 is 1. The van der Waals surface area contributed by atoms with E-state index < -0.39 is 0 Å². The van der Waals surface area contributed by atoms with E-state index in [1.165, 1.54) is 7.11 Å². The molecule has 2 rings (SSSR count). The minimum Gasteiger partial charge on any atom is -0.459 e. The molecule has 1 heterocycles. The first kappa shape index (κ1) is 14.9. The molecule has 2 aromatic rings. The van der Waals surface area contributed by atoms with Crippen molar-refractivity contribution in [2.75, 3.05) is 13.7 Å². The molecule has 4 nitrogen and oxygen atoms in total. The third kappa shape index (κ3) is 3.76. The largest absolute Gasteiger partial charge is 0.459 e. The van der Waals surface area contributed by atoms with Gasteiger partial charge in [0.2, 0.25) is 5.91 Å². The molecule has 0 saturated carbocycles. The number of halogens is 2. The number of nitrogens with one attached hydrogen (secondary N) is 1. The van der Waals surface area contributed by atoms with E-state index >= 15 is 0 Å². The van der Waals surface area contributed by atoms with Crippen molar-refractivity contribution < 1.29 is 13.9 Å². The van der Waals surface area contributed by atoms with Crippen LogP contribution in [-0.2, 0) is 16.1 Å². The lowest BCUT2D eigenvalue weighted by molar-refractivity contribution is -0.124. The lowest BCUT2D eigenvalue weighted by Crippen LogP contribution is -2.26. The summed E-state index contributed by atoms with van der Waals surface area (Å²) in [5.41, 5.74) is 0.755. The van der Waals surface area contributed by atoms with Crippen LogP contribution in [0.15, 0.2) is 34.7 Å². The van der Waals surface area contributed by atoms with Gasteiger partial charge in [0.05, 0.1) is 11.6 Å². The van der Waals surface area contributed by atoms with E-state index in [0.717, 1.165) is 5.56 Å². The van der Waals surface area contributed by atoms with Gasteiger partial charge in [-0.1, -0.05) is 23.2 Å². The molecule has 0 aliphatic heterocycles. The summed E-state index contributed by atoms with van der Waals surface area (Å²) < 4.78 is 10.4. The molecule has 0 atom stereocenters. The molecule has 1 amide bonds. The van der Waals surface area contributed by atoms with Crippen LogP contribution in [0.1, 0.15) is 5.76 Å². The number of carbonyl (C=O) groups excluding carboxylic acids is 1. The second-order valence-electron chi connectivity index (χ2n) is 4.10. The van der Waals surface area contributed by atoms with Crippen LogP contribution in [0.2, 0.25) is 10.0 Å².